The molecule has 1 N–H and O–H groups in total. The molecule has 6 nitrogen and oxygen atoms in total. The molecule has 0 radical (unpaired) electrons. The van der Waals surface area contributed by atoms with E-state index in [0.717, 1.165) is 12.1 Å². The van der Waals surface area contributed by atoms with E-state index >= 15 is 0 Å². The first-order valence-electron chi connectivity index (χ1n) is 6.51. The SMILES string of the molecule is CO[C@@H]1COCC[C@H]1NC(=O)CSc1nccc(C)n1. The molecule has 1 fully saturated rings. The minimum absolute atomic E-state index is 0.0141. The largest absolute Gasteiger partial charge is 0.379 e. The van der Waals surface area contributed by atoms with Crippen LogP contribution in [0.3, 0.4) is 0 Å². The topological polar surface area (TPSA) is 73.3 Å². The Morgan fingerprint density at radius 2 is 2.50 bits per heavy atom. The Labute approximate surface area is 122 Å². The van der Waals surface area contributed by atoms with Crippen LogP contribution >= 0.6 is 11.8 Å². The number of methoxy groups -OCH3 is 1. The molecule has 1 amide bonds. The van der Waals surface area contributed by atoms with Gasteiger partial charge < -0.3 is 14.8 Å². The fourth-order valence-electron chi connectivity index (χ4n) is 1.98. The molecule has 110 valence electrons. The van der Waals surface area contributed by atoms with Gasteiger partial charge in [0.05, 0.1) is 18.4 Å². The lowest BCUT2D eigenvalue weighted by atomic mass is 10.1. The second-order valence-electron chi connectivity index (χ2n) is 4.58. The minimum Gasteiger partial charge on any atom is -0.379 e. The van der Waals surface area contributed by atoms with Gasteiger partial charge in [-0.3, -0.25) is 4.79 Å². The highest BCUT2D eigenvalue weighted by atomic mass is 32.2. The molecule has 0 aliphatic carbocycles. The Morgan fingerprint density at radius 3 is 3.25 bits per heavy atom. The predicted octanol–water partition coefficient (Wildman–Crippen LogP) is 0.797. The van der Waals surface area contributed by atoms with Crippen molar-refractivity contribution in [3.8, 4) is 0 Å². The normalized spacial score (nSPS) is 22.5. The lowest BCUT2D eigenvalue weighted by Crippen LogP contribution is -2.50. The van der Waals surface area contributed by atoms with Crippen molar-refractivity contribution in [1.82, 2.24) is 15.3 Å². The Morgan fingerprint density at radius 1 is 1.65 bits per heavy atom. The Hall–Kier alpha value is -1.18. The Kier molecular flexibility index (Phi) is 5.75. The number of amides is 1. The second-order valence-corrected chi connectivity index (χ2v) is 5.52. The van der Waals surface area contributed by atoms with Crippen molar-refractivity contribution in [2.24, 2.45) is 0 Å². The average molecular weight is 297 g/mol. The first kappa shape index (κ1) is 15.2. The van der Waals surface area contributed by atoms with Crippen molar-refractivity contribution >= 4 is 17.7 Å². The van der Waals surface area contributed by atoms with Crippen LogP contribution in [-0.2, 0) is 14.3 Å². The van der Waals surface area contributed by atoms with Crippen LogP contribution in [0.15, 0.2) is 17.4 Å². The number of nitrogens with zero attached hydrogens (tertiary/aromatic N) is 2. The van der Waals surface area contributed by atoms with Crippen molar-refractivity contribution in [2.75, 3.05) is 26.1 Å². The van der Waals surface area contributed by atoms with E-state index in [1.54, 1.807) is 13.3 Å². The molecule has 2 atom stereocenters. The highest BCUT2D eigenvalue weighted by Crippen LogP contribution is 2.14. The summed E-state index contributed by atoms with van der Waals surface area (Å²) in [7, 11) is 1.63. The number of rotatable bonds is 5. The van der Waals surface area contributed by atoms with E-state index in [9.17, 15) is 4.79 Å². The van der Waals surface area contributed by atoms with Crippen LogP contribution in [-0.4, -0.2) is 54.1 Å². The van der Waals surface area contributed by atoms with Crippen molar-refractivity contribution in [3.63, 3.8) is 0 Å². The highest BCUT2D eigenvalue weighted by Gasteiger charge is 2.26. The van der Waals surface area contributed by atoms with Gasteiger partial charge in [0.1, 0.15) is 6.10 Å². The molecule has 0 aromatic carbocycles. The van der Waals surface area contributed by atoms with Crippen molar-refractivity contribution in [1.29, 1.82) is 0 Å². The van der Waals surface area contributed by atoms with Gasteiger partial charge >= 0.3 is 0 Å². The zero-order chi connectivity index (χ0) is 14.4. The van der Waals surface area contributed by atoms with Crippen LogP contribution in [0.25, 0.3) is 0 Å². The van der Waals surface area contributed by atoms with Crippen LogP contribution in [0.4, 0.5) is 0 Å². The lowest BCUT2D eigenvalue weighted by Gasteiger charge is -2.30. The van der Waals surface area contributed by atoms with Gasteiger partial charge in [-0.05, 0) is 19.4 Å². The first-order chi connectivity index (χ1) is 9.69. The monoisotopic (exact) mass is 297 g/mol. The predicted molar refractivity (Wildman–Crippen MR) is 75.7 cm³/mol. The summed E-state index contributed by atoms with van der Waals surface area (Å²) >= 11 is 1.33. The smallest absolute Gasteiger partial charge is 0.230 e. The standard InChI is InChI=1S/C13H19N3O3S/c1-9-3-5-14-13(15-9)20-8-12(17)16-10-4-6-19-7-11(10)18-2/h3,5,10-11H,4,6-8H2,1-2H3,(H,16,17)/t10-,11-/m1/s1. The lowest BCUT2D eigenvalue weighted by molar-refractivity contribution is -0.122. The minimum atomic E-state index is -0.0760. The molecule has 2 rings (SSSR count). The number of nitrogens with one attached hydrogen (secondary N) is 1. The number of ether oxygens (including phenoxy) is 2. The van der Waals surface area contributed by atoms with E-state index in [-0.39, 0.29) is 18.1 Å². The van der Waals surface area contributed by atoms with E-state index in [4.69, 9.17) is 9.47 Å². The molecular weight excluding hydrogens is 278 g/mol. The molecule has 2 heterocycles. The summed E-state index contributed by atoms with van der Waals surface area (Å²) in [6.45, 7) is 3.07. The van der Waals surface area contributed by atoms with E-state index in [1.807, 2.05) is 13.0 Å². The van der Waals surface area contributed by atoms with Gasteiger partial charge in [0.15, 0.2) is 5.16 Å². The summed E-state index contributed by atoms with van der Waals surface area (Å²) in [5, 5.41) is 3.61. The summed E-state index contributed by atoms with van der Waals surface area (Å²) in [4.78, 5) is 20.3. The van der Waals surface area contributed by atoms with Crippen LogP contribution in [0.5, 0.6) is 0 Å². The summed E-state index contributed by atoms with van der Waals surface area (Å²) in [6.07, 6.45) is 2.39. The molecule has 1 aliphatic heterocycles. The van der Waals surface area contributed by atoms with Gasteiger partial charge in [-0.2, -0.15) is 0 Å². The van der Waals surface area contributed by atoms with E-state index < -0.39 is 0 Å². The number of thioether (sulfide) groups is 1. The van der Waals surface area contributed by atoms with Crippen LogP contribution in [0.1, 0.15) is 12.1 Å². The van der Waals surface area contributed by atoms with E-state index in [2.05, 4.69) is 15.3 Å². The number of hydrogen-bond acceptors (Lipinski definition) is 6. The van der Waals surface area contributed by atoms with Gasteiger partial charge in [0, 0.05) is 25.6 Å². The van der Waals surface area contributed by atoms with Crippen LogP contribution < -0.4 is 5.32 Å². The molecule has 0 unspecified atom stereocenters. The quantitative estimate of drug-likeness (QED) is 0.640. The zero-order valence-electron chi connectivity index (χ0n) is 11.7. The number of aryl methyl sites for hydroxylation is 1. The Bertz CT molecular complexity index is 458. The fourth-order valence-corrected chi connectivity index (χ4v) is 2.67. The summed E-state index contributed by atoms with van der Waals surface area (Å²) in [5.74, 6) is 0.270. The molecule has 0 saturated carbocycles. The molecule has 1 aromatic heterocycles. The summed E-state index contributed by atoms with van der Waals surface area (Å²) < 4.78 is 10.6. The summed E-state index contributed by atoms with van der Waals surface area (Å²) in [5.41, 5.74) is 0.895. The molecular formula is C13H19N3O3S. The average Bonchev–Trinajstić information content (AvgIpc) is 2.46. The molecule has 7 heteroatoms. The first-order valence-corrected chi connectivity index (χ1v) is 7.50. The van der Waals surface area contributed by atoms with Crippen molar-refractivity contribution in [3.05, 3.63) is 18.0 Å². The third-order valence-corrected chi connectivity index (χ3v) is 3.92. The third-order valence-electron chi connectivity index (χ3n) is 3.06. The Balaban J connectivity index is 1.80. The zero-order valence-corrected chi connectivity index (χ0v) is 12.5. The third kappa shape index (κ3) is 4.43. The summed E-state index contributed by atoms with van der Waals surface area (Å²) in [6, 6.07) is 1.84. The van der Waals surface area contributed by atoms with E-state index in [0.29, 0.717) is 24.1 Å². The fraction of sp³-hybridized carbons (Fsp3) is 0.615. The van der Waals surface area contributed by atoms with E-state index in [1.165, 1.54) is 11.8 Å². The number of carbonyl (C=O) groups is 1. The van der Waals surface area contributed by atoms with Crippen molar-refractivity contribution in [2.45, 2.75) is 30.6 Å². The maximum atomic E-state index is 11.9. The molecule has 1 saturated heterocycles. The van der Waals surface area contributed by atoms with Gasteiger partial charge in [0.2, 0.25) is 5.91 Å². The molecule has 1 aliphatic rings. The molecule has 1 aromatic rings. The van der Waals surface area contributed by atoms with Crippen LogP contribution in [0, 0.1) is 6.92 Å². The van der Waals surface area contributed by atoms with Gasteiger partial charge in [-0.25, -0.2) is 9.97 Å². The van der Waals surface area contributed by atoms with Crippen molar-refractivity contribution < 1.29 is 14.3 Å². The van der Waals surface area contributed by atoms with Gasteiger partial charge in [-0.1, -0.05) is 11.8 Å². The highest BCUT2D eigenvalue weighted by molar-refractivity contribution is 7.99. The number of hydrogen-bond donors (Lipinski definition) is 1. The molecule has 0 spiro atoms. The van der Waals surface area contributed by atoms with Crippen LogP contribution in [0.2, 0.25) is 0 Å². The van der Waals surface area contributed by atoms with Gasteiger partial charge in [0.25, 0.3) is 0 Å². The maximum absolute atomic E-state index is 11.9. The number of carbonyl (C=O) groups excluding carboxylic acids is 1. The maximum Gasteiger partial charge on any atom is 0.230 e. The number of aromatic nitrogens is 2. The second kappa shape index (κ2) is 7.56. The molecule has 20 heavy (non-hydrogen) atoms. The molecule has 0 bridgehead atoms. The van der Waals surface area contributed by atoms with Gasteiger partial charge in [-0.15, -0.1) is 0 Å².